The Labute approximate surface area is 171 Å². The fourth-order valence-corrected chi connectivity index (χ4v) is 3.29. The van der Waals surface area contributed by atoms with Crippen LogP contribution >= 0.6 is 0 Å². The Bertz CT molecular complexity index is 813. The van der Waals surface area contributed by atoms with E-state index in [1.807, 2.05) is 37.3 Å². The molecule has 2 N–H and O–H groups in total. The van der Waals surface area contributed by atoms with Gasteiger partial charge in [-0.25, -0.2) is 9.78 Å². The van der Waals surface area contributed by atoms with Crippen LogP contribution in [0.2, 0.25) is 0 Å². The smallest absolute Gasteiger partial charge is 0.409 e. The molecule has 1 saturated heterocycles. The number of pyridine rings is 1. The first-order chi connectivity index (χ1) is 14.1. The number of benzene rings is 1. The van der Waals surface area contributed by atoms with Gasteiger partial charge in [-0.2, -0.15) is 0 Å². The fourth-order valence-electron chi connectivity index (χ4n) is 3.29. The van der Waals surface area contributed by atoms with Gasteiger partial charge in [-0.05, 0) is 56.0 Å². The molecule has 2 amide bonds. The first-order valence-electron chi connectivity index (χ1n) is 10.1. The summed E-state index contributed by atoms with van der Waals surface area (Å²) in [6.07, 6.45) is 4.08. The van der Waals surface area contributed by atoms with Crippen LogP contribution in [-0.4, -0.2) is 47.6 Å². The van der Waals surface area contributed by atoms with E-state index in [2.05, 4.69) is 22.5 Å². The molecule has 0 saturated carbocycles. The van der Waals surface area contributed by atoms with Crippen LogP contribution in [0.3, 0.4) is 0 Å². The zero-order valence-electron chi connectivity index (χ0n) is 17.0. The molecule has 29 heavy (non-hydrogen) atoms. The van der Waals surface area contributed by atoms with Gasteiger partial charge in [-0.3, -0.25) is 4.79 Å². The van der Waals surface area contributed by atoms with Crippen molar-refractivity contribution < 1.29 is 14.3 Å². The molecule has 3 rings (SSSR count). The van der Waals surface area contributed by atoms with Crippen LogP contribution in [0.4, 0.5) is 16.2 Å². The van der Waals surface area contributed by atoms with Crippen molar-refractivity contribution in [3.05, 3.63) is 53.9 Å². The van der Waals surface area contributed by atoms with Gasteiger partial charge in [0.1, 0.15) is 5.69 Å². The van der Waals surface area contributed by atoms with Crippen molar-refractivity contribution in [3.8, 4) is 0 Å². The third-order valence-corrected chi connectivity index (χ3v) is 5.01. The van der Waals surface area contributed by atoms with Crippen molar-refractivity contribution >= 4 is 23.4 Å². The normalized spacial score (nSPS) is 14.3. The Hall–Kier alpha value is -3.09. The summed E-state index contributed by atoms with van der Waals surface area (Å²) in [7, 11) is 0. The Kier molecular flexibility index (Phi) is 7.05. The number of likely N-dealkylation sites (tertiary alicyclic amines) is 1. The van der Waals surface area contributed by atoms with E-state index in [1.54, 1.807) is 17.2 Å². The number of ether oxygens (including phenoxy) is 1. The van der Waals surface area contributed by atoms with Gasteiger partial charge in [-0.1, -0.05) is 19.1 Å². The maximum absolute atomic E-state index is 12.4. The fraction of sp³-hybridized carbons (Fsp3) is 0.409. The third-order valence-electron chi connectivity index (χ3n) is 5.01. The number of aromatic nitrogens is 1. The molecular weight excluding hydrogens is 368 g/mol. The number of hydrogen-bond acceptors (Lipinski definition) is 5. The molecule has 0 spiro atoms. The van der Waals surface area contributed by atoms with Gasteiger partial charge < -0.3 is 20.3 Å². The average molecular weight is 396 g/mol. The number of anilines is 2. The van der Waals surface area contributed by atoms with Gasteiger partial charge in [-0.15, -0.1) is 0 Å². The Morgan fingerprint density at radius 1 is 1.07 bits per heavy atom. The molecular formula is C22H28N4O3. The van der Waals surface area contributed by atoms with Crippen molar-refractivity contribution in [2.75, 3.05) is 30.3 Å². The molecule has 2 aromatic rings. The Balaban J connectivity index is 1.49. The molecule has 0 radical (unpaired) electrons. The molecule has 1 fully saturated rings. The van der Waals surface area contributed by atoms with E-state index in [-0.39, 0.29) is 18.0 Å². The molecule has 7 nitrogen and oxygen atoms in total. The molecule has 154 valence electrons. The van der Waals surface area contributed by atoms with Crippen LogP contribution < -0.4 is 10.6 Å². The summed E-state index contributed by atoms with van der Waals surface area (Å²) < 4.78 is 5.04. The average Bonchev–Trinajstić information content (AvgIpc) is 2.75. The van der Waals surface area contributed by atoms with E-state index in [0.29, 0.717) is 25.4 Å². The summed E-state index contributed by atoms with van der Waals surface area (Å²) in [6.45, 7) is 5.64. The predicted octanol–water partition coefficient (Wildman–Crippen LogP) is 3.93. The lowest BCUT2D eigenvalue weighted by Gasteiger charge is -2.32. The van der Waals surface area contributed by atoms with E-state index in [1.165, 1.54) is 5.56 Å². The number of carbonyl (C=O) groups excluding carboxylic acids is 2. The van der Waals surface area contributed by atoms with Gasteiger partial charge in [0.15, 0.2) is 0 Å². The summed E-state index contributed by atoms with van der Waals surface area (Å²) in [5, 5.41) is 6.29. The maximum atomic E-state index is 12.4. The molecule has 0 aliphatic carbocycles. The zero-order valence-corrected chi connectivity index (χ0v) is 17.0. The highest BCUT2D eigenvalue weighted by Crippen LogP contribution is 2.17. The van der Waals surface area contributed by atoms with Crippen LogP contribution in [0.1, 0.15) is 42.7 Å². The van der Waals surface area contributed by atoms with E-state index in [9.17, 15) is 9.59 Å². The van der Waals surface area contributed by atoms with Gasteiger partial charge in [0.25, 0.3) is 5.91 Å². The van der Waals surface area contributed by atoms with Crippen LogP contribution in [0.25, 0.3) is 0 Å². The Morgan fingerprint density at radius 2 is 1.76 bits per heavy atom. The first kappa shape index (κ1) is 20.6. The molecule has 2 heterocycles. The zero-order chi connectivity index (χ0) is 20.6. The molecule has 1 aliphatic rings. The highest BCUT2D eigenvalue weighted by molar-refractivity contribution is 6.02. The second kappa shape index (κ2) is 9.91. The van der Waals surface area contributed by atoms with Crippen LogP contribution in [0.5, 0.6) is 0 Å². The van der Waals surface area contributed by atoms with E-state index >= 15 is 0 Å². The summed E-state index contributed by atoms with van der Waals surface area (Å²) in [4.78, 5) is 30.2. The lowest BCUT2D eigenvalue weighted by molar-refractivity contribution is 0.0982. The third kappa shape index (κ3) is 5.70. The van der Waals surface area contributed by atoms with Gasteiger partial charge >= 0.3 is 6.09 Å². The standard InChI is InChI=1S/C22H28N4O3/c1-3-16-5-7-17(8-6-16)25-21(27)20-10-9-19(15-23-20)24-18-11-13-26(14-12-18)22(28)29-4-2/h5-10,15,18,24H,3-4,11-14H2,1-2H3,(H,25,27). The quantitative estimate of drug-likeness (QED) is 0.773. The monoisotopic (exact) mass is 396 g/mol. The highest BCUT2D eigenvalue weighted by Gasteiger charge is 2.23. The van der Waals surface area contributed by atoms with Crippen LogP contribution in [0.15, 0.2) is 42.6 Å². The highest BCUT2D eigenvalue weighted by atomic mass is 16.6. The molecule has 0 unspecified atom stereocenters. The number of nitrogens with one attached hydrogen (secondary N) is 2. The largest absolute Gasteiger partial charge is 0.450 e. The number of nitrogens with zero attached hydrogens (tertiary/aromatic N) is 2. The van der Waals surface area contributed by atoms with Gasteiger partial charge in [0, 0.05) is 24.8 Å². The molecule has 0 bridgehead atoms. The minimum Gasteiger partial charge on any atom is -0.450 e. The summed E-state index contributed by atoms with van der Waals surface area (Å²) >= 11 is 0. The summed E-state index contributed by atoms with van der Waals surface area (Å²) in [5.74, 6) is -0.233. The molecule has 7 heteroatoms. The van der Waals surface area contributed by atoms with E-state index in [4.69, 9.17) is 4.74 Å². The first-order valence-corrected chi connectivity index (χ1v) is 10.1. The number of amides is 2. The number of hydrogen-bond donors (Lipinski definition) is 2. The van der Waals surface area contributed by atoms with Crippen LogP contribution in [-0.2, 0) is 11.2 Å². The van der Waals surface area contributed by atoms with Crippen molar-refractivity contribution in [2.45, 2.75) is 39.2 Å². The summed E-state index contributed by atoms with van der Waals surface area (Å²) in [5.41, 5.74) is 3.21. The van der Waals surface area contributed by atoms with E-state index in [0.717, 1.165) is 30.6 Å². The Morgan fingerprint density at radius 3 is 2.34 bits per heavy atom. The van der Waals surface area contributed by atoms with Crippen molar-refractivity contribution in [1.29, 1.82) is 0 Å². The summed E-state index contributed by atoms with van der Waals surface area (Å²) in [6, 6.07) is 11.6. The second-order valence-corrected chi connectivity index (χ2v) is 7.04. The number of aryl methyl sites for hydroxylation is 1. The van der Waals surface area contributed by atoms with Gasteiger partial charge in [0.05, 0.1) is 18.5 Å². The molecule has 1 aromatic heterocycles. The van der Waals surface area contributed by atoms with Crippen molar-refractivity contribution in [3.63, 3.8) is 0 Å². The number of piperidine rings is 1. The van der Waals surface area contributed by atoms with Crippen LogP contribution in [0, 0.1) is 0 Å². The molecule has 0 atom stereocenters. The minimum atomic E-state index is -0.243. The lowest BCUT2D eigenvalue weighted by atomic mass is 10.1. The molecule has 1 aliphatic heterocycles. The minimum absolute atomic E-state index is 0.233. The SMILES string of the molecule is CCOC(=O)N1CCC(Nc2ccc(C(=O)Nc3ccc(CC)cc3)nc2)CC1. The lowest BCUT2D eigenvalue weighted by Crippen LogP contribution is -2.42. The maximum Gasteiger partial charge on any atom is 0.409 e. The molecule has 1 aromatic carbocycles. The number of carbonyl (C=O) groups is 2. The topological polar surface area (TPSA) is 83.6 Å². The predicted molar refractivity (Wildman–Crippen MR) is 113 cm³/mol. The van der Waals surface area contributed by atoms with Crippen molar-refractivity contribution in [1.82, 2.24) is 9.88 Å². The van der Waals surface area contributed by atoms with Crippen molar-refractivity contribution in [2.24, 2.45) is 0 Å². The second-order valence-electron chi connectivity index (χ2n) is 7.04. The number of rotatable bonds is 6. The van der Waals surface area contributed by atoms with E-state index < -0.39 is 0 Å². The van der Waals surface area contributed by atoms with Gasteiger partial charge in [0.2, 0.25) is 0 Å².